The molecule has 142 valence electrons. The standard InChI is InChI=1S/C21H17FN2O3S/c1-26-16-8-9-18-19(12-16)28-21(23-18)24(13-17-3-2-10-27-17)20(25)11-14-4-6-15(22)7-5-14/h2-10,12H,11,13H2,1H3. The van der Waals surface area contributed by atoms with Crippen molar-refractivity contribution < 1.29 is 18.3 Å². The van der Waals surface area contributed by atoms with Crippen molar-refractivity contribution in [1.82, 2.24) is 4.98 Å². The third kappa shape index (κ3) is 3.89. The highest BCUT2D eigenvalue weighted by atomic mass is 32.1. The second-order valence-electron chi connectivity index (χ2n) is 6.19. The first-order valence-corrected chi connectivity index (χ1v) is 9.46. The Morgan fingerprint density at radius 1 is 1.21 bits per heavy atom. The van der Waals surface area contributed by atoms with Crippen LogP contribution in [-0.4, -0.2) is 18.0 Å². The summed E-state index contributed by atoms with van der Waals surface area (Å²) in [6, 6.07) is 15.1. The third-order valence-electron chi connectivity index (χ3n) is 4.28. The minimum atomic E-state index is -0.330. The first kappa shape index (κ1) is 18.2. The zero-order chi connectivity index (χ0) is 19.5. The van der Waals surface area contributed by atoms with E-state index in [1.54, 1.807) is 36.5 Å². The van der Waals surface area contributed by atoms with Crippen molar-refractivity contribution in [3.8, 4) is 5.75 Å². The lowest BCUT2D eigenvalue weighted by molar-refractivity contribution is -0.118. The van der Waals surface area contributed by atoms with Gasteiger partial charge in [-0.15, -0.1) is 0 Å². The minimum Gasteiger partial charge on any atom is -0.497 e. The summed E-state index contributed by atoms with van der Waals surface area (Å²) in [5, 5.41) is 0.576. The Labute approximate surface area is 165 Å². The van der Waals surface area contributed by atoms with Gasteiger partial charge in [0.05, 0.1) is 36.6 Å². The van der Waals surface area contributed by atoms with E-state index in [-0.39, 0.29) is 24.7 Å². The zero-order valence-corrected chi connectivity index (χ0v) is 15.9. The number of fused-ring (bicyclic) bond motifs is 1. The van der Waals surface area contributed by atoms with Crippen LogP contribution < -0.4 is 9.64 Å². The molecule has 0 fully saturated rings. The largest absolute Gasteiger partial charge is 0.497 e. The average Bonchev–Trinajstić information content (AvgIpc) is 3.36. The van der Waals surface area contributed by atoms with Gasteiger partial charge in [-0.05, 0) is 48.0 Å². The number of hydrogen-bond acceptors (Lipinski definition) is 5. The van der Waals surface area contributed by atoms with Gasteiger partial charge < -0.3 is 9.15 Å². The van der Waals surface area contributed by atoms with Crippen molar-refractivity contribution in [2.45, 2.75) is 13.0 Å². The van der Waals surface area contributed by atoms with Crippen molar-refractivity contribution >= 4 is 32.6 Å². The molecule has 28 heavy (non-hydrogen) atoms. The van der Waals surface area contributed by atoms with E-state index in [4.69, 9.17) is 9.15 Å². The van der Waals surface area contributed by atoms with Crippen molar-refractivity contribution in [1.29, 1.82) is 0 Å². The van der Waals surface area contributed by atoms with E-state index >= 15 is 0 Å². The number of ether oxygens (including phenoxy) is 1. The number of carbonyl (C=O) groups is 1. The van der Waals surface area contributed by atoms with Crippen molar-refractivity contribution in [3.63, 3.8) is 0 Å². The fourth-order valence-corrected chi connectivity index (χ4v) is 3.84. The fraction of sp³-hybridized carbons (Fsp3) is 0.143. The van der Waals surface area contributed by atoms with Crippen LogP contribution in [0.3, 0.4) is 0 Å². The quantitative estimate of drug-likeness (QED) is 0.469. The van der Waals surface area contributed by atoms with Gasteiger partial charge in [-0.25, -0.2) is 9.37 Å². The molecule has 0 atom stereocenters. The number of methoxy groups -OCH3 is 1. The molecule has 4 aromatic rings. The molecule has 7 heteroatoms. The first-order chi connectivity index (χ1) is 13.6. The molecule has 2 aromatic heterocycles. The number of benzene rings is 2. The van der Waals surface area contributed by atoms with E-state index in [0.717, 1.165) is 21.5 Å². The van der Waals surface area contributed by atoms with Crippen LogP contribution in [0.15, 0.2) is 65.3 Å². The summed E-state index contributed by atoms with van der Waals surface area (Å²) in [6.45, 7) is 0.268. The number of furan rings is 1. The minimum absolute atomic E-state index is 0.139. The molecule has 5 nitrogen and oxygen atoms in total. The van der Waals surface area contributed by atoms with E-state index < -0.39 is 0 Å². The molecule has 0 unspecified atom stereocenters. The molecule has 2 heterocycles. The molecule has 0 aliphatic heterocycles. The number of nitrogens with zero attached hydrogens (tertiary/aromatic N) is 2. The molecule has 1 amide bonds. The number of amides is 1. The number of carbonyl (C=O) groups excluding carboxylic acids is 1. The topological polar surface area (TPSA) is 55.6 Å². The Balaban J connectivity index is 1.66. The van der Waals surface area contributed by atoms with E-state index in [1.165, 1.54) is 23.5 Å². The van der Waals surface area contributed by atoms with Crippen LogP contribution in [0, 0.1) is 5.82 Å². The highest BCUT2D eigenvalue weighted by Crippen LogP contribution is 2.32. The summed E-state index contributed by atoms with van der Waals surface area (Å²) in [4.78, 5) is 19.3. The Morgan fingerprint density at radius 3 is 2.75 bits per heavy atom. The van der Waals surface area contributed by atoms with E-state index in [9.17, 15) is 9.18 Å². The summed E-state index contributed by atoms with van der Waals surface area (Å²) in [6.07, 6.45) is 1.71. The number of thiazole rings is 1. The monoisotopic (exact) mass is 396 g/mol. The SMILES string of the molecule is COc1ccc2nc(N(Cc3ccco3)C(=O)Cc3ccc(F)cc3)sc2c1. The lowest BCUT2D eigenvalue weighted by Crippen LogP contribution is -2.31. The lowest BCUT2D eigenvalue weighted by atomic mass is 10.1. The van der Waals surface area contributed by atoms with E-state index in [0.29, 0.717) is 10.9 Å². The summed E-state index contributed by atoms with van der Waals surface area (Å²) in [7, 11) is 1.61. The fourth-order valence-electron chi connectivity index (χ4n) is 2.83. The Morgan fingerprint density at radius 2 is 2.04 bits per heavy atom. The van der Waals surface area contributed by atoms with Crippen LogP contribution in [0.2, 0.25) is 0 Å². The molecule has 4 rings (SSSR count). The second kappa shape index (κ2) is 7.82. The molecule has 0 saturated heterocycles. The van der Waals surface area contributed by atoms with Gasteiger partial charge in [-0.3, -0.25) is 9.69 Å². The van der Waals surface area contributed by atoms with E-state index in [1.807, 2.05) is 24.3 Å². The van der Waals surface area contributed by atoms with Gasteiger partial charge in [0.1, 0.15) is 17.3 Å². The summed E-state index contributed by atoms with van der Waals surface area (Å²) < 4.78 is 24.8. The number of halogens is 1. The van der Waals surface area contributed by atoms with Gasteiger partial charge >= 0.3 is 0 Å². The number of anilines is 1. The van der Waals surface area contributed by atoms with Gasteiger partial charge in [0.2, 0.25) is 5.91 Å². The van der Waals surface area contributed by atoms with Crippen molar-refractivity contribution in [2.75, 3.05) is 12.0 Å². The molecule has 0 N–H and O–H groups in total. The van der Waals surface area contributed by atoms with E-state index in [2.05, 4.69) is 4.98 Å². The predicted molar refractivity (Wildman–Crippen MR) is 106 cm³/mol. The second-order valence-corrected chi connectivity index (χ2v) is 7.20. The maximum absolute atomic E-state index is 13.2. The van der Waals surface area contributed by atoms with Crippen LogP contribution >= 0.6 is 11.3 Å². The van der Waals surface area contributed by atoms with Gasteiger partial charge in [-0.1, -0.05) is 23.5 Å². The van der Waals surface area contributed by atoms with Gasteiger partial charge in [0.25, 0.3) is 0 Å². The normalized spacial score (nSPS) is 10.9. The first-order valence-electron chi connectivity index (χ1n) is 8.64. The number of aromatic nitrogens is 1. The average molecular weight is 396 g/mol. The predicted octanol–water partition coefficient (Wildman–Crippen LogP) is 4.81. The number of rotatable bonds is 6. The molecule has 0 aliphatic carbocycles. The van der Waals surface area contributed by atoms with Crippen LogP contribution in [-0.2, 0) is 17.8 Å². The summed E-state index contributed by atoms with van der Waals surface area (Å²) >= 11 is 1.41. The molecular formula is C21H17FN2O3S. The van der Waals surface area contributed by atoms with Gasteiger partial charge in [0.15, 0.2) is 5.13 Å². The molecule has 2 aromatic carbocycles. The summed E-state index contributed by atoms with van der Waals surface area (Å²) in [5.74, 6) is 0.917. The molecule has 0 radical (unpaired) electrons. The van der Waals surface area contributed by atoms with Crippen LogP contribution in [0.25, 0.3) is 10.2 Å². The van der Waals surface area contributed by atoms with Crippen LogP contribution in [0.1, 0.15) is 11.3 Å². The third-order valence-corrected chi connectivity index (χ3v) is 5.32. The van der Waals surface area contributed by atoms with Gasteiger partial charge in [-0.2, -0.15) is 0 Å². The van der Waals surface area contributed by atoms with Crippen molar-refractivity contribution in [2.24, 2.45) is 0 Å². The molecule has 0 saturated carbocycles. The number of hydrogen-bond donors (Lipinski definition) is 0. The smallest absolute Gasteiger partial charge is 0.233 e. The van der Waals surface area contributed by atoms with Crippen LogP contribution in [0.4, 0.5) is 9.52 Å². The lowest BCUT2D eigenvalue weighted by Gasteiger charge is -2.18. The molecule has 0 spiro atoms. The Bertz CT molecular complexity index is 1090. The molecular weight excluding hydrogens is 379 g/mol. The zero-order valence-electron chi connectivity index (χ0n) is 15.1. The maximum Gasteiger partial charge on any atom is 0.233 e. The molecule has 0 aliphatic rings. The van der Waals surface area contributed by atoms with Crippen LogP contribution in [0.5, 0.6) is 5.75 Å². The summed E-state index contributed by atoms with van der Waals surface area (Å²) in [5.41, 5.74) is 1.53. The molecule has 0 bridgehead atoms. The van der Waals surface area contributed by atoms with Crippen molar-refractivity contribution in [3.05, 3.63) is 78.0 Å². The Kier molecular flexibility index (Phi) is 5.08. The Hall–Kier alpha value is -3.19. The highest BCUT2D eigenvalue weighted by Gasteiger charge is 2.22. The maximum atomic E-state index is 13.2. The van der Waals surface area contributed by atoms with Gasteiger partial charge in [0, 0.05) is 0 Å². The highest BCUT2D eigenvalue weighted by molar-refractivity contribution is 7.22.